The summed E-state index contributed by atoms with van der Waals surface area (Å²) in [4.78, 5) is 201. The molecule has 0 amide bonds. The van der Waals surface area contributed by atoms with Crippen LogP contribution in [0.5, 0.6) is 0 Å². The second kappa shape index (κ2) is 43.8. The van der Waals surface area contributed by atoms with Crippen molar-refractivity contribution in [3.8, 4) is 0 Å². The highest BCUT2D eigenvalue weighted by Gasteiger charge is 2.50. The Morgan fingerprint density at radius 3 is 0.890 bits per heavy atom. The zero-order chi connectivity index (χ0) is 104. The number of H-pyrrole nitrogens is 1. The number of hydrogen-bond acceptors (Lipinski definition) is 59. The van der Waals surface area contributed by atoms with Crippen molar-refractivity contribution < 1.29 is 130 Å². The number of hydrogen-bond donors (Lipinski definition) is 7. The number of nitrogens with two attached hydrogens (primary N) is 6. The third-order valence-electron chi connectivity index (χ3n) is 24.3. The molecule has 11 aromatic rings. The van der Waals surface area contributed by atoms with Crippen molar-refractivity contribution in [3.05, 3.63) is 128 Å². The standard InChI is InChI=1S/C72H95N28O32P7S7/c1-6-34-35(7-51(119-34)97-27-87-55-61(75)79-23-83-65(55)97)127-134(106,141)113-21-46-40(12-53(124-46)99-29-89-57-63(77)81-25-85-67(57)99)132-139(111,146)118-22-47-41(13-54(125-47)100-30-90-58-64(78)82-26-86-68(58)100)131-138(110,145)117-19-44-38(9-49(121-44)95-15-32(3)60(74)92-71(95)103)129-136(108,143)116-20-45-39(10-50(122-45)96-16-33(4)69(101)93-72(96)104)130-137(109,144)115-18-43-37(8-48(120-43)94-14-31(2)59(73)91-70(94)102)128-135(107,142)114-17-42-36(126-133(105,140)112-5)11-52(123-42)98-28-88-56-62(76)80-24-84-66(56)98/h14-16,23-30,34-54H,6-13,17-22H2,1-5H3,(H,105,140)(H,106,141)(H,107,142)(H,108,143)(H,109,144)(H,110,145)(H,111,146)(H2,73,91,102)(H2,74,92,103)(H2,75,79,83)(H2,76,80,84)(H2,77,81,85)(H2,78,82,86)(H,93,101,104)/p-7/t34-,35-,36-,37-,38-,39-,40-,41-,42-,43-,44-,45-,46-,47-,48-,49-,50-,51-,52-,53-,54-,133?,134?,135?,136?,137?,138?,139?/m1/s1. The lowest BCUT2D eigenvalue weighted by atomic mass is 10.1. The maximum Gasteiger partial charge on any atom is 0.351 e. The van der Waals surface area contributed by atoms with Gasteiger partial charge in [0.05, 0.1) is 114 Å². The van der Waals surface area contributed by atoms with Gasteiger partial charge >= 0.3 is 17.1 Å². The fraction of sp³-hybridized carbons (Fsp3) is 0.556. The summed E-state index contributed by atoms with van der Waals surface area (Å²) in [5.41, 5.74) is 35.4. The first-order valence-electron chi connectivity index (χ1n) is 43.8. The zero-order valence-corrected chi connectivity index (χ0v) is 88.3. The Kier molecular flexibility index (Phi) is 32.6. The van der Waals surface area contributed by atoms with E-state index in [0.717, 1.165) is 33.3 Å². The highest BCUT2D eigenvalue weighted by atomic mass is 32.7. The first-order valence-corrected chi connectivity index (χ1v) is 61.7. The minimum absolute atomic E-state index is 0.0156. The van der Waals surface area contributed by atoms with Crippen molar-refractivity contribution in [1.82, 2.24) is 107 Å². The summed E-state index contributed by atoms with van der Waals surface area (Å²) >= 11 is 38.3. The molecule has 7 fully saturated rings. The average molecular weight is 2300 g/mol. The average Bonchev–Trinajstić information content (AvgIpc) is 1.73. The molecule has 7 saturated heterocycles. The minimum atomic E-state index is -5.04. The first kappa shape index (κ1) is 109. The number of aryl methyl sites for hydroxylation is 3. The second-order valence-electron chi connectivity index (χ2n) is 33.9. The van der Waals surface area contributed by atoms with E-state index in [1.807, 2.05) is 6.92 Å². The maximum atomic E-state index is 15.0. The number of anilines is 6. The molecule has 28 atom stereocenters. The number of rotatable bonds is 41. The van der Waals surface area contributed by atoms with Crippen LogP contribution in [-0.2, 0) is 184 Å². The van der Waals surface area contributed by atoms with Crippen LogP contribution >= 0.6 is 47.1 Å². The fourth-order valence-corrected chi connectivity index (χ4v) is 26.9. The number of nitrogens with zero attached hydrogens (tertiary/aromatic N) is 21. The van der Waals surface area contributed by atoms with E-state index in [-0.39, 0.29) is 106 Å². The van der Waals surface area contributed by atoms with E-state index < -0.39 is 251 Å². The molecule has 0 spiro atoms. The molecular formula is C72H88N28O32P7S7-7. The summed E-state index contributed by atoms with van der Waals surface area (Å²) in [5.74, 6) is -0.0560. The van der Waals surface area contributed by atoms with Crippen molar-refractivity contribution in [2.24, 2.45) is 0 Å². The predicted octanol–water partition coefficient (Wildman–Crippen LogP) is -1.14. The molecule has 18 heterocycles. The Morgan fingerprint density at radius 1 is 0.356 bits per heavy atom. The van der Waals surface area contributed by atoms with Crippen LogP contribution in [-0.4, -0.2) is 239 Å². The first-order chi connectivity index (χ1) is 69.1. The number of imidazole rings is 4. The summed E-state index contributed by atoms with van der Waals surface area (Å²) in [7, 11) is 1.07. The summed E-state index contributed by atoms with van der Waals surface area (Å²) < 4.78 is 151. The summed E-state index contributed by atoms with van der Waals surface area (Å²) in [6.07, 6.45) is -14.3. The molecule has 7 aliphatic rings. The summed E-state index contributed by atoms with van der Waals surface area (Å²) in [5, 5.41) is 0. The Balaban J connectivity index is 0.555. The minimum Gasteiger partial charge on any atom is -0.780 e. The van der Waals surface area contributed by atoms with Gasteiger partial charge in [-0.1, -0.05) is 77.8 Å². The molecule has 792 valence electrons. The predicted molar refractivity (Wildman–Crippen MR) is 518 cm³/mol. The van der Waals surface area contributed by atoms with E-state index >= 15 is 4.89 Å². The van der Waals surface area contributed by atoms with Crippen LogP contribution in [0.3, 0.4) is 0 Å². The van der Waals surface area contributed by atoms with Gasteiger partial charge in [-0.15, -0.1) is 0 Å². The lowest BCUT2D eigenvalue weighted by Gasteiger charge is -2.36. The van der Waals surface area contributed by atoms with Gasteiger partial charge in [0, 0.05) is 87.3 Å². The van der Waals surface area contributed by atoms with Crippen molar-refractivity contribution in [3.63, 3.8) is 0 Å². The van der Waals surface area contributed by atoms with Gasteiger partial charge in [0.25, 0.3) is 5.56 Å². The Hall–Kier alpha value is -7.16. The molecule has 18 rings (SSSR count). The summed E-state index contributed by atoms with van der Waals surface area (Å²) in [6, 6.07) is 0. The van der Waals surface area contributed by atoms with E-state index in [9.17, 15) is 48.2 Å². The number of ether oxygens (including phenoxy) is 7. The molecule has 60 nitrogen and oxygen atoms in total. The van der Waals surface area contributed by atoms with Crippen LogP contribution in [0, 0.1) is 20.8 Å². The molecule has 0 saturated carbocycles. The van der Waals surface area contributed by atoms with Crippen molar-refractivity contribution >= 4 is 210 Å². The SMILES string of the molecule is CC[C@H]1O[C@@H](n2cnc3c(N)ncnc32)C[C@H]1OP([O-])(=S)OC[C@H]1O[C@@H](n2cnc3c(N)ncnc32)C[C@H]1OP(=O)([S-])OC[C@H]1O[C@@H](n2cnc3c(N)ncnc32)C[C@H]1OP([O-])(=S)OC[C@H]1O[C@@H](n2cc(C)c(N)nc2=O)C[C@H]1OP([O-])(=S)OC[C@H]1O[C@@H](n2cc(C)c(=O)[nH]c2=O)C[C@H]1OP([O-])(=S)OC[C@H]1O[C@@H](n2cc(C)c(N)nc2=O)C[C@H]1OP([O-])(=S)OC[C@H]1O[C@@H](n2cnc3c(N)ncnc32)C[C@H]1OP([O-])(=S)OC. The molecule has 7 aliphatic heterocycles. The van der Waals surface area contributed by atoms with Crippen LogP contribution in [0.4, 0.5) is 34.9 Å². The molecule has 0 aromatic carbocycles. The molecule has 7 unspecified atom stereocenters. The van der Waals surface area contributed by atoms with Crippen LogP contribution in [0.25, 0.3) is 44.7 Å². The van der Waals surface area contributed by atoms with Gasteiger partial charge in [-0.25, -0.2) is 74.2 Å². The van der Waals surface area contributed by atoms with Gasteiger partial charge in [-0.3, -0.25) is 46.3 Å². The third kappa shape index (κ3) is 24.5. The van der Waals surface area contributed by atoms with E-state index in [1.54, 1.807) is 11.5 Å². The number of fused-ring (bicyclic) bond motifs is 4. The molecular weight excluding hydrogens is 2210 g/mol. The Labute approximate surface area is 858 Å². The lowest BCUT2D eigenvalue weighted by molar-refractivity contribution is -0.221. The van der Waals surface area contributed by atoms with E-state index in [0.29, 0.717) is 28.7 Å². The van der Waals surface area contributed by atoms with Gasteiger partial charge < -0.3 is 173 Å². The molecule has 146 heavy (non-hydrogen) atoms. The quantitative estimate of drug-likeness (QED) is 0.0176. The monoisotopic (exact) mass is 2300 g/mol. The summed E-state index contributed by atoms with van der Waals surface area (Å²) in [6.45, 7) is -31.9. The molecule has 13 N–H and O–H groups in total. The van der Waals surface area contributed by atoms with Crippen LogP contribution < -0.4 is 86.4 Å². The third-order valence-corrected chi connectivity index (χ3v) is 35.4. The number of nitrogens with one attached hydrogen (secondary N) is 1. The van der Waals surface area contributed by atoms with Gasteiger partial charge in [0.2, 0.25) is 0 Å². The lowest BCUT2D eigenvalue weighted by Crippen LogP contribution is -2.34. The highest BCUT2D eigenvalue weighted by molar-refractivity contribution is 8.32. The maximum absolute atomic E-state index is 15.0. The van der Waals surface area contributed by atoms with Crippen LogP contribution in [0.2, 0.25) is 0 Å². The number of nitrogen functional groups attached to an aromatic ring is 6. The Bertz CT molecular complexity index is 7400. The van der Waals surface area contributed by atoms with Gasteiger partial charge in [-0.2, -0.15) is 9.97 Å². The van der Waals surface area contributed by atoms with E-state index in [4.69, 9.17) is 214 Å². The van der Waals surface area contributed by atoms with Gasteiger partial charge in [0.15, 0.2) is 52.7 Å². The molecule has 11 aromatic heterocycles. The molecule has 0 aliphatic carbocycles. The van der Waals surface area contributed by atoms with Crippen LogP contribution in [0.15, 0.2) is 88.4 Å². The van der Waals surface area contributed by atoms with E-state index in [1.165, 1.54) is 84.2 Å². The topological polar surface area (TPSA) is 804 Å². The van der Waals surface area contributed by atoms with Crippen molar-refractivity contribution in [2.45, 2.75) is 208 Å². The molecule has 74 heteroatoms. The highest BCUT2D eigenvalue weighted by Crippen LogP contribution is 2.57. The molecule has 0 radical (unpaired) electrons. The van der Waals surface area contributed by atoms with E-state index in [2.05, 4.69) is 74.8 Å². The van der Waals surface area contributed by atoms with Crippen molar-refractivity contribution in [1.29, 1.82) is 0 Å². The largest absolute Gasteiger partial charge is 0.780 e. The smallest absolute Gasteiger partial charge is 0.351 e. The van der Waals surface area contributed by atoms with Crippen LogP contribution in [0.1, 0.15) is 119 Å². The van der Waals surface area contributed by atoms with Gasteiger partial charge in [0.1, 0.15) is 180 Å². The number of aromatic nitrogens is 22. The number of aromatic amines is 1. The van der Waals surface area contributed by atoms with Gasteiger partial charge in [-0.05, 0) is 27.2 Å². The zero-order valence-electron chi connectivity index (χ0n) is 76.3. The van der Waals surface area contributed by atoms with Crippen molar-refractivity contribution in [2.75, 3.05) is 81.2 Å². The normalized spacial score (nSPS) is 29.5. The second-order valence-corrected chi connectivity index (χ2v) is 52.9. The Morgan fingerprint density at radius 2 is 0.603 bits per heavy atom. The fourth-order valence-electron chi connectivity index (χ4n) is 17.2. The molecule has 0 bridgehead atoms.